The molecule has 5 nitrogen and oxygen atoms in total. The summed E-state index contributed by atoms with van der Waals surface area (Å²) < 4.78 is 10.8. The van der Waals surface area contributed by atoms with Crippen molar-refractivity contribution in [1.29, 1.82) is 0 Å². The molecule has 1 saturated heterocycles. The van der Waals surface area contributed by atoms with Crippen LogP contribution < -0.4 is 0 Å². The van der Waals surface area contributed by atoms with Gasteiger partial charge in [0.05, 0.1) is 18.1 Å². The molecule has 2 atom stereocenters. The van der Waals surface area contributed by atoms with Gasteiger partial charge in [-0.25, -0.2) is 9.69 Å². The van der Waals surface area contributed by atoms with Crippen molar-refractivity contribution in [2.75, 3.05) is 19.8 Å². The molecule has 1 heterocycles. The van der Waals surface area contributed by atoms with E-state index in [4.69, 9.17) is 9.47 Å². The maximum absolute atomic E-state index is 12.9. The molecule has 132 valence electrons. The van der Waals surface area contributed by atoms with E-state index in [-0.39, 0.29) is 31.1 Å². The van der Waals surface area contributed by atoms with Crippen LogP contribution in [0.2, 0.25) is 25.7 Å². The van der Waals surface area contributed by atoms with E-state index in [1.54, 1.807) is 13.0 Å². The molecule has 0 bridgehead atoms. The van der Waals surface area contributed by atoms with Crippen molar-refractivity contribution in [2.24, 2.45) is 11.3 Å². The summed E-state index contributed by atoms with van der Waals surface area (Å²) in [6, 6.07) is 0.811. The van der Waals surface area contributed by atoms with Crippen LogP contribution in [0.4, 0.5) is 4.79 Å². The van der Waals surface area contributed by atoms with E-state index >= 15 is 0 Å². The molecular weight excluding hydrogens is 310 g/mol. The molecular formula is C17H31NO4Si. The number of hydrogen-bond acceptors (Lipinski definition) is 4. The molecule has 2 amide bonds. The molecule has 23 heavy (non-hydrogen) atoms. The summed E-state index contributed by atoms with van der Waals surface area (Å²) in [6.07, 6.45) is 1.01. The molecule has 6 heteroatoms. The zero-order chi connectivity index (χ0) is 17.8. The van der Waals surface area contributed by atoms with Gasteiger partial charge in [-0.05, 0) is 18.9 Å². The van der Waals surface area contributed by atoms with Gasteiger partial charge in [0.2, 0.25) is 5.91 Å². The van der Waals surface area contributed by atoms with Crippen molar-refractivity contribution in [3.8, 4) is 0 Å². The Hall–Kier alpha value is -1.14. The van der Waals surface area contributed by atoms with Crippen LogP contribution in [0, 0.1) is 11.3 Å². The number of carbonyl (C=O) groups is 2. The lowest BCUT2D eigenvalue weighted by molar-refractivity contribution is -0.139. The molecule has 1 rings (SSSR count). The highest BCUT2D eigenvalue weighted by Crippen LogP contribution is 2.29. The highest BCUT2D eigenvalue weighted by atomic mass is 28.3. The number of rotatable bonds is 8. The molecule has 0 aromatic rings. The molecule has 0 radical (unpaired) electrons. The van der Waals surface area contributed by atoms with Gasteiger partial charge in [-0.1, -0.05) is 39.6 Å². The normalized spacial score (nSPS) is 21.3. The van der Waals surface area contributed by atoms with Crippen LogP contribution in [-0.2, 0) is 14.3 Å². The van der Waals surface area contributed by atoms with Crippen molar-refractivity contribution in [2.45, 2.75) is 52.5 Å². The molecule has 2 unspecified atom stereocenters. The summed E-state index contributed by atoms with van der Waals surface area (Å²) in [5, 5.41) is 0. The fourth-order valence-corrected chi connectivity index (χ4v) is 3.06. The first-order chi connectivity index (χ1) is 10.5. The minimum atomic E-state index is -1.17. The largest absolute Gasteiger partial charge is 0.447 e. The Morgan fingerprint density at radius 2 is 2.13 bits per heavy atom. The van der Waals surface area contributed by atoms with E-state index in [1.165, 1.54) is 4.90 Å². The third kappa shape index (κ3) is 5.17. The van der Waals surface area contributed by atoms with E-state index in [9.17, 15) is 9.59 Å². The van der Waals surface area contributed by atoms with Gasteiger partial charge in [-0.15, -0.1) is 6.58 Å². The lowest BCUT2D eigenvalue weighted by Gasteiger charge is -2.31. The molecule has 0 spiro atoms. The second-order valence-corrected chi connectivity index (χ2v) is 13.7. The quantitative estimate of drug-likeness (QED) is 0.385. The van der Waals surface area contributed by atoms with Crippen molar-refractivity contribution < 1.29 is 19.1 Å². The number of cyclic esters (lactones) is 1. The molecule has 1 aliphatic rings. The third-order valence-electron chi connectivity index (χ3n) is 4.23. The monoisotopic (exact) mass is 341 g/mol. The zero-order valence-corrected chi connectivity index (χ0v) is 16.3. The topological polar surface area (TPSA) is 55.8 Å². The van der Waals surface area contributed by atoms with Gasteiger partial charge < -0.3 is 9.47 Å². The van der Waals surface area contributed by atoms with Crippen LogP contribution in [0.15, 0.2) is 12.7 Å². The summed E-state index contributed by atoms with van der Waals surface area (Å²) in [7, 11) is -1.17. The minimum Gasteiger partial charge on any atom is -0.447 e. The fourth-order valence-electron chi connectivity index (χ4n) is 2.31. The standard InChI is InChI=1S/C17H31NO4Si/c1-8-17(4,12-21-9-10-23(5,6)7)15(19)18-14(13(2)3)11-22-16(18)20/h8,13-14H,1,9-12H2,2-7H3. The van der Waals surface area contributed by atoms with Gasteiger partial charge in [0.1, 0.15) is 6.61 Å². The number of carbonyl (C=O) groups excluding carboxylic acids is 2. The van der Waals surface area contributed by atoms with Gasteiger partial charge in [-0.3, -0.25) is 4.79 Å². The van der Waals surface area contributed by atoms with E-state index in [2.05, 4.69) is 26.2 Å². The van der Waals surface area contributed by atoms with Gasteiger partial charge in [0.25, 0.3) is 0 Å². The van der Waals surface area contributed by atoms with Gasteiger partial charge in [-0.2, -0.15) is 0 Å². The van der Waals surface area contributed by atoms with Crippen molar-refractivity contribution in [1.82, 2.24) is 4.90 Å². The average Bonchev–Trinajstić information content (AvgIpc) is 2.83. The number of nitrogens with zero attached hydrogens (tertiary/aromatic N) is 1. The number of amides is 2. The van der Waals surface area contributed by atoms with Crippen LogP contribution in [0.5, 0.6) is 0 Å². The smallest absolute Gasteiger partial charge is 0.417 e. The summed E-state index contributed by atoms with van der Waals surface area (Å²) in [5.74, 6) is -0.144. The Labute approximate surface area is 141 Å². The SMILES string of the molecule is C=CC(C)(COCC[Si](C)(C)C)C(=O)N1C(=O)OCC1C(C)C. The van der Waals surface area contributed by atoms with Crippen molar-refractivity contribution in [3.05, 3.63) is 12.7 Å². The van der Waals surface area contributed by atoms with Crippen LogP contribution in [0.3, 0.4) is 0 Å². The molecule has 0 saturated carbocycles. The van der Waals surface area contributed by atoms with Gasteiger partial charge >= 0.3 is 6.09 Å². The third-order valence-corrected chi connectivity index (χ3v) is 5.94. The van der Waals surface area contributed by atoms with Crippen LogP contribution in [0.1, 0.15) is 20.8 Å². The van der Waals surface area contributed by atoms with Crippen LogP contribution >= 0.6 is 0 Å². The fraction of sp³-hybridized carbons (Fsp3) is 0.765. The zero-order valence-electron chi connectivity index (χ0n) is 15.3. The minimum absolute atomic E-state index is 0.146. The van der Waals surface area contributed by atoms with Crippen LogP contribution in [0.25, 0.3) is 0 Å². The van der Waals surface area contributed by atoms with E-state index < -0.39 is 19.6 Å². The Morgan fingerprint density at radius 1 is 1.52 bits per heavy atom. The second-order valence-electron chi connectivity index (χ2n) is 8.05. The summed E-state index contributed by atoms with van der Waals surface area (Å²) in [4.78, 5) is 26.1. The molecule has 0 aromatic heterocycles. The Morgan fingerprint density at radius 3 is 2.61 bits per heavy atom. The lowest BCUT2D eigenvalue weighted by Crippen LogP contribution is -2.49. The number of imide groups is 1. The highest BCUT2D eigenvalue weighted by Gasteiger charge is 2.46. The Balaban J connectivity index is 2.76. The van der Waals surface area contributed by atoms with Crippen molar-refractivity contribution >= 4 is 20.1 Å². The van der Waals surface area contributed by atoms with Gasteiger partial charge in [0.15, 0.2) is 0 Å². The average molecular weight is 342 g/mol. The van der Waals surface area contributed by atoms with Gasteiger partial charge in [0, 0.05) is 14.7 Å². The molecule has 0 N–H and O–H groups in total. The molecule has 1 fully saturated rings. The first-order valence-corrected chi connectivity index (χ1v) is 11.9. The highest BCUT2D eigenvalue weighted by molar-refractivity contribution is 6.76. The van der Waals surface area contributed by atoms with E-state index in [1.807, 2.05) is 13.8 Å². The van der Waals surface area contributed by atoms with Crippen molar-refractivity contribution in [3.63, 3.8) is 0 Å². The predicted molar refractivity (Wildman–Crippen MR) is 94.1 cm³/mol. The van der Waals surface area contributed by atoms with E-state index in [0.29, 0.717) is 6.61 Å². The van der Waals surface area contributed by atoms with Crippen LogP contribution in [-0.4, -0.2) is 50.8 Å². The lowest BCUT2D eigenvalue weighted by atomic mass is 9.89. The maximum atomic E-state index is 12.9. The Kier molecular flexibility index (Phi) is 6.59. The summed E-state index contributed by atoms with van der Waals surface area (Å²) in [5.41, 5.74) is -0.921. The summed E-state index contributed by atoms with van der Waals surface area (Å²) >= 11 is 0. The predicted octanol–water partition coefficient (Wildman–Crippen LogP) is 3.54. The summed E-state index contributed by atoms with van der Waals surface area (Å²) in [6.45, 7) is 17.4. The molecule has 0 aromatic carbocycles. The first kappa shape index (κ1) is 19.9. The molecule has 1 aliphatic heterocycles. The number of ether oxygens (including phenoxy) is 2. The molecule has 0 aliphatic carbocycles. The Bertz CT molecular complexity index is 458. The first-order valence-electron chi connectivity index (χ1n) is 8.23. The maximum Gasteiger partial charge on any atom is 0.417 e. The second kappa shape index (κ2) is 7.62. The number of hydrogen-bond donors (Lipinski definition) is 0. The van der Waals surface area contributed by atoms with E-state index in [0.717, 1.165) is 6.04 Å².